The van der Waals surface area contributed by atoms with Crippen LogP contribution in [0.5, 0.6) is 0 Å². The molecule has 3 aliphatic rings. The molecule has 10 heteroatoms. The monoisotopic (exact) mass is 483 g/mol. The normalized spacial score (nSPS) is 23.3. The first-order chi connectivity index (χ1) is 16.6. The second-order valence-electron chi connectivity index (χ2n) is 11.5. The van der Waals surface area contributed by atoms with Crippen molar-refractivity contribution >= 4 is 11.8 Å². The van der Waals surface area contributed by atoms with Crippen molar-refractivity contribution in [2.24, 2.45) is 12.5 Å². The number of carbonyl (C=O) groups is 2. The van der Waals surface area contributed by atoms with Gasteiger partial charge in [0, 0.05) is 32.1 Å². The van der Waals surface area contributed by atoms with Gasteiger partial charge in [0.15, 0.2) is 0 Å². The van der Waals surface area contributed by atoms with Gasteiger partial charge < -0.3 is 15.3 Å². The van der Waals surface area contributed by atoms with Gasteiger partial charge in [0.1, 0.15) is 12.1 Å². The number of β-amino-alcohol motifs (C(OH)–C–C–N with tert-alkyl or cyclic N) is 1. The average molecular weight is 484 g/mol. The third-order valence-corrected chi connectivity index (χ3v) is 7.59. The first-order valence-corrected chi connectivity index (χ1v) is 12.8. The van der Waals surface area contributed by atoms with Gasteiger partial charge in [-0.25, -0.2) is 4.68 Å². The summed E-state index contributed by atoms with van der Waals surface area (Å²) in [5.74, 6) is -0.0192. The first-order valence-electron chi connectivity index (χ1n) is 12.8. The lowest BCUT2D eigenvalue weighted by Crippen LogP contribution is -2.50. The number of aliphatic hydroxyl groups is 1. The Balaban J connectivity index is 1.33. The summed E-state index contributed by atoms with van der Waals surface area (Å²) in [6.07, 6.45) is 7.81. The Morgan fingerprint density at radius 3 is 2.69 bits per heavy atom. The largest absolute Gasteiger partial charge is 0.391 e. The number of aromatic nitrogens is 5. The van der Waals surface area contributed by atoms with Crippen molar-refractivity contribution in [2.45, 2.75) is 96.4 Å². The molecule has 0 radical (unpaired) electrons. The van der Waals surface area contributed by atoms with Crippen LogP contribution >= 0.6 is 0 Å². The van der Waals surface area contributed by atoms with Gasteiger partial charge in [0.2, 0.25) is 11.8 Å². The van der Waals surface area contributed by atoms with Gasteiger partial charge in [-0.3, -0.25) is 14.3 Å². The summed E-state index contributed by atoms with van der Waals surface area (Å²) in [5, 5.41) is 26.7. The number of likely N-dealkylation sites (tertiary alicyclic amines) is 1. The summed E-state index contributed by atoms with van der Waals surface area (Å²) >= 11 is 0. The number of hydrogen-bond donors (Lipinski definition) is 2. The van der Waals surface area contributed by atoms with E-state index < -0.39 is 23.6 Å². The highest BCUT2D eigenvalue weighted by atomic mass is 16.3. The summed E-state index contributed by atoms with van der Waals surface area (Å²) in [6.45, 7) is 6.46. The number of hydrogen-bond acceptors (Lipinski definition) is 6. The van der Waals surface area contributed by atoms with Gasteiger partial charge in [-0.05, 0) is 49.5 Å². The molecular formula is C25H37N7O3. The molecule has 10 nitrogen and oxygen atoms in total. The minimum absolute atomic E-state index is 0.134. The second-order valence-corrected chi connectivity index (χ2v) is 11.5. The number of aliphatic hydroxyl groups excluding tert-OH is 1. The summed E-state index contributed by atoms with van der Waals surface area (Å²) in [4.78, 5) is 28.7. The number of fused-ring (bicyclic) bond motifs is 1. The van der Waals surface area contributed by atoms with Gasteiger partial charge in [0.25, 0.3) is 0 Å². The smallest absolute Gasteiger partial charge is 0.248 e. The SMILES string of the molecule is Cn1nc2c(c1CNC(=O)C1CC(O)CN1C(=O)[C@@H](n1cc(C3CC3)nn1)C(C)(C)C)CCCC2. The van der Waals surface area contributed by atoms with E-state index in [1.165, 1.54) is 10.5 Å². The van der Waals surface area contributed by atoms with E-state index in [9.17, 15) is 14.7 Å². The Bertz CT molecular complexity index is 1110. The van der Waals surface area contributed by atoms with Crippen molar-refractivity contribution in [1.82, 2.24) is 35.0 Å². The van der Waals surface area contributed by atoms with E-state index in [0.717, 1.165) is 55.6 Å². The molecule has 2 amide bonds. The lowest BCUT2D eigenvalue weighted by molar-refractivity contribution is -0.144. The van der Waals surface area contributed by atoms with Crippen molar-refractivity contribution in [3.05, 3.63) is 28.8 Å². The van der Waals surface area contributed by atoms with Crippen LogP contribution in [0, 0.1) is 5.41 Å². The van der Waals surface area contributed by atoms with E-state index in [1.807, 2.05) is 38.7 Å². The fraction of sp³-hybridized carbons (Fsp3) is 0.720. The van der Waals surface area contributed by atoms with Crippen molar-refractivity contribution in [2.75, 3.05) is 6.54 Å². The maximum Gasteiger partial charge on any atom is 0.248 e. The lowest BCUT2D eigenvalue weighted by Gasteiger charge is -2.34. The van der Waals surface area contributed by atoms with Crippen molar-refractivity contribution in [1.29, 1.82) is 0 Å². The van der Waals surface area contributed by atoms with Crippen LogP contribution < -0.4 is 5.32 Å². The molecule has 1 saturated heterocycles. The third kappa shape index (κ3) is 4.72. The van der Waals surface area contributed by atoms with Crippen LogP contribution in [0.2, 0.25) is 0 Å². The minimum atomic E-state index is -0.738. The zero-order valence-corrected chi connectivity index (χ0v) is 21.2. The summed E-state index contributed by atoms with van der Waals surface area (Å²) in [7, 11) is 1.91. The summed E-state index contributed by atoms with van der Waals surface area (Å²) < 4.78 is 3.51. The topological polar surface area (TPSA) is 118 Å². The van der Waals surface area contributed by atoms with Crippen LogP contribution in [0.1, 0.15) is 87.5 Å². The van der Waals surface area contributed by atoms with Gasteiger partial charge in [-0.1, -0.05) is 26.0 Å². The van der Waals surface area contributed by atoms with E-state index in [0.29, 0.717) is 12.5 Å². The maximum absolute atomic E-state index is 13.9. The third-order valence-electron chi connectivity index (χ3n) is 7.59. The number of nitrogens with zero attached hydrogens (tertiary/aromatic N) is 6. The molecule has 2 N–H and O–H groups in total. The Labute approximate surface area is 206 Å². The molecule has 0 spiro atoms. The molecule has 1 saturated carbocycles. The Kier molecular flexibility index (Phi) is 6.19. The predicted molar refractivity (Wildman–Crippen MR) is 128 cm³/mol. The van der Waals surface area contributed by atoms with Crippen LogP contribution in [0.15, 0.2) is 6.20 Å². The zero-order chi connectivity index (χ0) is 24.9. The number of aryl methyl sites for hydroxylation is 2. The van der Waals surface area contributed by atoms with Gasteiger partial charge in [0.05, 0.1) is 29.7 Å². The highest BCUT2D eigenvalue weighted by molar-refractivity contribution is 5.90. The summed E-state index contributed by atoms with van der Waals surface area (Å²) in [5.41, 5.74) is 3.86. The Morgan fingerprint density at radius 1 is 1.23 bits per heavy atom. The Morgan fingerprint density at radius 2 is 1.97 bits per heavy atom. The van der Waals surface area contributed by atoms with Crippen LogP contribution in [0.25, 0.3) is 0 Å². The molecule has 2 unspecified atom stereocenters. The molecule has 3 atom stereocenters. The molecule has 2 aromatic rings. The molecule has 35 heavy (non-hydrogen) atoms. The maximum atomic E-state index is 13.9. The Hall–Kier alpha value is -2.75. The van der Waals surface area contributed by atoms with Crippen molar-refractivity contribution in [3.63, 3.8) is 0 Å². The average Bonchev–Trinajstić information content (AvgIpc) is 3.26. The molecule has 3 heterocycles. The number of carbonyl (C=O) groups excluding carboxylic acids is 2. The second kappa shape index (κ2) is 9.04. The van der Waals surface area contributed by atoms with Crippen molar-refractivity contribution in [3.8, 4) is 0 Å². The predicted octanol–water partition coefficient (Wildman–Crippen LogP) is 1.63. The molecule has 0 bridgehead atoms. The van der Waals surface area contributed by atoms with Crippen LogP contribution in [-0.2, 0) is 36.0 Å². The quantitative estimate of drug-likeness (QED) is 0.645. The van der Waals surface area contributed by atoms with E-state index in [-0.39, 0.29) is 24.8 Å². The number of nitrogens with one attached hydrogen (secondary N) is 1. The van der Waals surface area contributed by atoms with Crippen molar-refractivity contribution < 1.29 is 14.7 Å². The van der Waals surface area contributed by atoms with Crippen LogP contribution in [0.4, 0.5) is 0 Å². The van der Waals surface area contributed by atoms with Crippen LogP contribution in [-0.4, -0.2) is 65.3 Å². The molecule has 1 aliphatic heterocycles. The lowest BCUT2D eigenvalue weighted by atomic mass is 9.85. The standard InChI is InChI=1S/C25H37N7O3/c1-25(2,3)22(32-14-19(27-29-32)15-9-10-15)24(35)31-13-16(33)11-20(31)23(34)26-12-21-17-7-5-6-8-18(17)28-30(21)4/h14-16,20,22,33H,5-13H2,1-4H3,(H,26,34)/t16?,20?,22-/m1/s1. The molecular weight excluding hydrogens is 446 g/mol. The fourth-order valence-electron chi connectivity index (χ4n) is 5.58. The highest BCUT2D eigenvalue weighted by Crippen LogP contribution is 2.40. The van der Waals surface area contributed by atoms with E-state index in [4.69, 9.17) is 0 Å². The van der Waals surface area contributed by atoms with Gasteiger partial charge >= 0.3 is 0 Å². The van der Waals surface area contributed by atoms with E-state index >= 15 is 0 Å². The first kappa shape index (κ1) is 24.0. The highest BCUT2D eigenvalue weighted by Gasteiger charge is 2.45. The fourth-order valence-corrected chi connectivity index (χ4v) is 5.58. The number of rotatable bonds is 6. The van der Waals surface area contributed by atoms with E-state index in [1.54, 1.807) is 4.68 Å². The molecule has 2 aliphatic carbocycles. The minimum Gasteiger partial charge on any atom is -0.391 e. The van der Waals surface area contributed by atoms with Gasteiger partial charge in [-0.15, -0.1) is 5.10 Å². The van der Waals surface area contributed by atoms with Gasteiger partial charge in [-0.2, -0.15) is 5.10 Å². The molecule has 190 valence electrons. The summed E-state index contributed by atoms with van der Waals surface area (Å²) in [6, 6.07) is -1.34. The van der Waals surface area contributed by atoms with E-state index in [2.05, 4.69) is 20.7 Å². The molecule has 2 aromatic heterocycles. The van der Waals surface area contributed by atoms with Crippen LogP contribution in [0.3, 0.4) is 0 Å². The molecule has 0 aromatic carbocycles. The zero-order valence-electron chi connectivity index (χ0n) is 21.2. The molecule has 2 fully saturated rings. The number of amides is 2. The molecule has 5 rings (SSSR count).